The van der Waals surface area contributed by atoms with Crippen LogP contribution in [-0.4, -0.2) is 29.4 Å². The van der Waals surface area contributed by atoms with Gasteiger partial charge < -0.3 is 0 Å². The fraction of sp³-hybridized carbons (Fsp3) is 0.263. The zero-order valence-electron chi connectivity index (χ0n) is 13.6. The van der Waals surface area contributed by atoms with E-state index in [4.69, 9.17) is 4.84 Å². The second kappa shape index (κ2) is 6.28. The highest BCUT2D eigenvalue weighted by atomic mass is 79.9. The van der Waals surface area contributed by atoms with Crippen molar-refractivity contribution in [3.8, 4) is 0 Å². The molecule has 128 valence electrons. The molecule has 0 aliphatic carbocycles. The number of amides is 2. The Morgan fingerprint density at radius 1 is 1.04 bits per heavy atom. The lowest BCUT2D eigenvalue weighted by Gasteiger charge is -2.28. The number of hydrogen-bond donors (Lipinski definition) is 0. The summed E-state index contributed by atoms with van der Waals surface area (Å²) in [4.78, 5) is 32.7. The maximum Gasteiger partial charge on any atom is 0.261 e. The third kappa shape index (κ3) is 2.56. The molecule has 0 saturated carbocycles. The summed E-state index contributed by atoms with van der Waals surface area (Å²) in [6, 6.07) is 17.0. The summed E-state index contributed by atoms with van der Waals surface area (Å²) < 4.78 is 0.922. The number of rotatable bonds is 3. The van der Waals surface area contributed by atoms with Gasteiger partial charge in [-0.25, -0.2) is 5.06 Å². The van der Waals surface area contributed by atoms with Gasteiger partial charge in [0.25, 0.3) is 5.91 Å². The molecule has 0 spiro atoms. The van der Waals surface area contributed by atoms with E-state index < -0.39 is 12.0 Å². The average Bonchev–Trinajstić information content (AvgIpc) is 3.12. The van der Waals surface area contributed by atoms with Gasteiger partial charge in [-0.1, -0.05) is 46.3 Å². The van der Waals surface area contributed by atoms with Crippen molar-refractivity contribution in [1.82, 2.24) is 4.90 Å². The Morgan fingerprint density at radius 3 is 2.48 bits per heavy atom. The lowest BCUT2D eigenvalue weighted by atomic mass is 9.90. The Labute approximate surface area is 154 Å². The van der Waals surface area contributed by atoms with Gasteiger partial charge in [0.2, 0.25) is 5.91 Å². The number of imide groups is 1. The summed E-state index contributed by atoms with van der Waals surface area (Å²) in [6.07, 6.45) is -0.767. The lowest BCUT2D eigenvalue weighted by molar-refractivity contribution is -0.142. The molecule has 2 fully saturated rings. The average molecular weight is 401 g/mol. The van der Waals surface area contributed by atoms with Crippen LogP contribution >= 0.6 is 15.9 Å². The van der Waals surface area contributed by atoms with E-state index in [9.17, 15) is 9.59 Å². The van der Waals surface area contributed by atoms with Crippen LogP contribution in [0.2, 0.25) is 0 Å². The maximum atomic E-state index is 12.9. The summed E-state index contributed by atoms with van der Waals surface area (Å²) in [5.74, 6) is -0.959. The number of hydroxylamine groups is 1. The van der Waals surface area contributed by atoms with Gasteiger partial charge >= 0.3 is 0 Å². The van der Waals surface area contributed by atoms with Crippen molar-refractivity contribution >= 4 is 33.4 Å². The molecule has 0 bridgehead atoms. The Hall–Kier alpha value is -2.18. The number of carbonyl (C=O) groups excluding carboxylic acids is 2. The van der Waals surface area contributed by atoms with Crippen molar-refractivity contribution in [2.45, 2.75) is 19.1 Å². The molecule has 0 radical (unpaired) electrons. The van der Waals surface area contributed by atoms with Crippen molar-refractivity contribution in [2.24, 2.45) is 5.92 Å². The molecule has 3 atom stereocenters. The van der Waals surface area contributed by atoms with Gasteiger partial charge in [-0.2, -0.15) is 0 Å². The Morgan fingerprint density at radius 2 is 1.80 bits per heavy atom. The smallest absolute Gasteiger partial charge is 0.261 e. The maximum absolute atomic E-state index is 12.9. The fourth-order valence-electron chi connectivity index (χ4n) is 3.61. The van der Waals surface area contributed by atoms with E-state index in [2.05, 4.69) is 15.9 Å². The molecule has 3 unspecified atom stereocenters. The second-order valence-electron chi connectivity index (χ2n) is 6.13. The molecule has 5 nitrogen and oxygen atoms in total. The first-order valence-corrected chi connectivity index (χ1v) is 9.03. The topological polar surface area (TPSA) is 49.9 Å². The summed E-state index contributed by atoms with van der Waals surface area (Å²) in [6.45, 7) is 2.17. The SMILES string of the molecule is CCN1C(=O)C2ON(c3ccccc3)C(c3cccc(Br)c3)C2C1=O. The van der Waals surface area contributed by atoms with Gasteiger partial charge in [-0.05, 0) is 36.8 Å². The molecular weight excluding hydrogens is 384 g/mol. The molecule has 0 N–H and O–H groups in total. The normalized spacial score (nSPS) is 25.6. The highest BCUT2D eigenvalue weighted by molar-refractivity contribution is 9.10. The van der Waals surface area contributed by atoms with Crippen molar-refractivity contribution < 1.29 is 14.4 Å². The first-order chi connectivity index (χ1) is 12.1. The molecule has 2 heterocycles. The second-order valence-corrected chi connectivity index (χ2v) is 7.05. The largest absolute Gasteiger partial charge is 0.280 e. The van der Waals surface area contributed by atoms with Gasteiger partial charge in [-0.15, -0.1) is 0 Å². The van der Waals surface area contributed by atoms with Gasteiger partial charge in [0.05, 0.1) is 11.7 Å². The number of anilines is 1. The predicted molar refractivity (Wildman–Crippen MR) is 96.6 cm³/mol. The van der Waals surface area contributed by atoms with Crippen LogP contribution < -0.4 is 5.06 Å². The van der Waals surface area contributed by atoms with Gasteiger partial charge in [0.1, 0.15) is 5.92 Å². The molecule has 2 aliphatic heterocycles. The third-order valence-corrected chi connectivity index (χ3v) is 5.22. The fourth-order valence-corrected chi connectivity index (χ4v) is 4.03. The van der Waals surface area contributed by atoms with Crippen LogP contribution in [0.25, 0.3) is 0 Å². The molecule has 2 aromatic carbocycles. The van der Waals surface area contributed by atoms with Crippen molar-refractivity contribution in [2.75, 3.05) is 11.6 Å². The summed E-state index contributed by atoms with van der Waals surface area (Å²) in [7, 11) is 0. The van der Waals surface area contributed by atoms with E-state index in [-0.39, 0.29) is 17.9 Å². The van der Waals surface area contributed by atoms with E-state index in [1.165, 1.54) is 4.90 Å². The van der Waals surface area contributed by atoms with E-state index in [0.717, 1.165) is 15.7 Å². The van der Waals surface area contributed by atoms with E-state index in [1.54, 1.807) is 12.0 Å². The number of likely N-dealkylation sites (tertiary alicyclic amines) is 1. The van der Waals surface area contributed by atoms with Gasteiger partial charge in [-0.3, -0.25) is 19.3 Å². The number of carbonyl (C=O) groups is 2. The standard InChI is InChI=1S/C19H17BrN2O3/c1-2-21-18(23)15-16(12-7-6-8-13(20)11-12)22(25-17(15)19(21)24)14-9-4-3-5-10-14/h3-11,15-17H,2H2,1H3. The number of para-hydroxylation sites is 1. The Bertz CT molecular complexity index is 826. The van der Waals surface area contributed by atoms with E-state index in [1.807, 2.05) is 54.6 Å². The molecule has 2 aromatic rings. The summed E-state index contributed by atoms with van der Waals surface area (Å²) in [5, 5.41) is 1.71. The number of nitrogens with zero attached hydrogens (tertiary/aromatic N) is 2. The van der Waals surface area contributed by atoms with Crippen LogP contribution in [0.5, 0.6) is 0 Å². The molecule has 0 aromatic heterocycles. The van der Waals surface area contributed by atoms with Gasteiger partial charge in [0.15, 0.2) is 6.10 Å². The molecule has 25 heavy (non-hydrogen) atoms. The summed E-state index contributed by atoms with van der Waals surface area (Å²) >= 11 is 3.49. The quantitative estimate of drug-likeness (QED) is 0.741. The number of fused-ring (bicyclic) bond motifs is 1. The van der Waals surface area contributed by atoms with Crippen LogP contribution in [0.1, 0.15) is 18.5 Å². The zero-order valence-corrected chi connectivity index (χ0v) is 15.2. The van der Waals surface area contributed by atoms with Crippen molar-refractivity contribution in [3.63, 3.8) is 0 Å². The molecule has 2 amide bonds. The molecule has 6 heteroatoms. The Kier molecular flexibility index (Phi) is 4.09. The monoisotopic (exact) mass is 400 g/mol. The lowest BCUT2D eigenvalue weighted by Crippen LogP contribution is -2.37. The minimum atomic E-state index is -0.767. The number of hydrogen-bond acceptors (Lipinski definition) is 4. The van der Waals surface area contributed by atoms with Crippen LogP contribution in [0.4, 0.5) is 5.69 Å². The Balaban J connectivity index is 1.82. The van der Waals surface area contributed by atoms with Crippen molar-refractivity contribution in [3.05, 3.63) is 64.6 Å². The molecule has 4 rings (SSSR count). The van der Waals surface area contributed by atoms with Crippen LogP contribution in [0.3, 0.4) is 0 Å². The van der Waals surface area contributed by atoms with Crippen LogP contribution in [0, 0.1) is 5.92 Å². The van der Waals surface area contributed by atoms with E-state index in [0.29, 0.717) is 6.54 Å². The first-order valence-electron chi connectivity index (χ1n) is 8.23. The van der Waals surface area contributed by atoms with Gasteiger partial charge in [0, 0.05) is 11.0 Å². The number of likely N-dealkylation sites (N-methyl/N-ethyl adjacent to an activating group) is 1. The van der Waals surface area contributed by atoms with E-state index >= 15 is 0 Å². The summed E-state index contributed by atoms with van der Waals surface area (Å²) in [5.41, 5.74) is 1.76. The molecule has 2 saturated heterocycles. The minimum absolute atomic E-state index is 0.166. The molecule has 2 aliphatic rings. The zero-order chi connectivity index (χ0) is 17.6. The minimum Gasteiger partial charge on any atom is -0.280 e. The van der Waals surface area contributed by atoms with Crippen LogP contribution in [0.15, 0.2) is 59.1 Å². The highest BCUT2D eigenvalue weighted by Gasteiger charge is 2.59. The van der Waals surface area contributed by atoms with Crippen molar-refractivity contribution in [1.29, 1.82) is 0 Å². The first kappa shape index (κ1) is 16.3. The predicted octanol–water partition coefficient (Wildman–Crippen LogP) is 3.32. The molecular formula is C19H17BrN2O3. The number of benzene rings is 2. The third-order valence-electron chi connectivity index (χ3n) is 4.72. The number of halogens is 1. The van der Waals surface area contributed by atoms with Crippen LogP contribution in [-0.2, 0) is 14.4 Å². The highest BCUT2D eigenvalue weighted by Crippen LogP contribution is 2.46.